The first-order valence-electron chi connectivity index (χ1n) is 10.6. The van der Waals surface area contributed by atoms with Crippen molar-refractivity contribution in [2.45, 2.75) is 48.8 Å². The maximum Gasteiger partial charge on any atom is 0.136 e. The molecule has 0 aromatic heterocycles. The van der Waals surface area contributed by atoms with Crippen molar-refractivity contribution in [2.75, 3.05) is 0 Å². The van der Waals surface area contributed by atoms with E-state index in [1.165, 1.54) is 32.3 Å². The molecule has 0 saturated heterocycles. The molecule has 0 amide bonds. The zero-order valence-corrected chi connectivity index (χ0v) is 19.9. The predicted molar refractivity (Wildman–Crippen MR) is 128 cm³/mol. The molecule has 0 aliphatic heterocycles. The van der Waals surface area contributed by atoms with Crippen LogP contribution < -0.4 is 0 Å². The number of ketones is 1. The van der Waals surface area contributed by atoms with Gasteiger partial charge >= 0.3 is 0 Å². The number of allylic oxidation sites excluding steroid dienone is 10. The van der Waals surface area contributed by atoms with Gasteiger partial charge in [-0.2, -0.15) is 0 Å². The van der Waals surface area contributed by atoms with E-state index in [0.717, 1.165) is 25.7 Å². The molecule has 1 aromatic rings. The van der Waals surface area contributed by atoms with E-state index in [1.54, 1.807) is 12.1 Å². The lowest BCUT2D eigenvalue weighted by molar-refractivity contribution is -0.118. The number of benzene rings is 1. The molecule has 5 rings (SSSR count). The normalized spacial score (nSPS) is 30.9. The molecule has 0 heterocycles. The Bertz CT molecular complexity index is 1060. The van der Waals surface area contributed by atoms with E-state index in [0.29, 0.717) is 23.5 Å². The lowest BCUT2D eigenvalue weighted by Gasteiger charge is -2.43. The topological polar surface area (TPSA) is 37.3 Å². The fourth-order valence-electron chi connectivity index (χ4n) is 5.83. The number of phenols is 1. The average molecular weight is 528 g/mol. The summed E-state index contributed by atoms with van der Waals surface area (Å²) in [6.45, 7) is 0. The molecule has 0 saturated carbocycles. The highest BCUT2D eigenvalue weighted by molar-refractivity contribution is 9.11. The van der Waals surface area contributed by atoms with E-state index in [1.807, 2.05) is 0 Å². The van der Waals surface area contributed by atoms with Gasteiger partial charge in [0.1, 0.15) is 11.5 Å². The second-order valence-corrected chi connectivity index (χ2v) is 10.8. The van der Waals surface area contributed by atoms with Gasteiger partial charge in [0.05, 0.1) is 0 Å². The fraction of sp³-hybridized carbons (Fsp3) is 0.346. The SMILES string of the molecule is O=C1CC=C(C2(c3ccc(O)cc3)C3=C(C=CC(Br)C3)C3=CCC=C(Br)CC32)CC1. The van der Waals surface area contributed by atoms with Gasteiger partial charge < -0.3 is 5.11 Å². The fourth-order valence-corrected chi connectivity index (χ4v) is 6.82. The van der Waals surface area contributed by atoms with Gasteiger partial charge in [-0.3, -0.25) is 4.79 Å². The second-order valence-electron chi connectivity index (χ2n) is 8.60. The monoisotopic (exact) mass is 526 g/mol. The first kappa shape index (κ1) is 20.3. The molecule has 1 aromatic carbocycles. The quantitative estimate of drug-likeness (QED) is 0.333. The van der Waals surface area contributed by atoms with Crippen LogP contribution in [0.5, 0.6) is 5.75 Å². The molecule has 4 aliphatic carbocycles. The molecule has 4 heteroatoms. The second kappa shape index (κ2) is 7.80. The maximum absolute atomic E-state index is 12.1. The maximum atomic E-state index is 12.1. The van der Waals surface area contributed by atoms with E-state index < -0.39 is 0 Å². The minimum Gasteiger partial charge on any atom is -0.508 e. The highest BCUT2D eigenvalue weighted by Gasteiger charge is 2.54. The third-order valence-electron chi connectivity index (χ3n) is 7.04. The number of alkyl halides is 1. The number of phenolic OH excluding ortho intramolecular Hbond substituents is 1. The first-order valence-corrected chi connectivity index (χ1v) is 12.3. The summed E-state index contributed by atoms with van der Waals surface area (Å²) in [4.78, 5) is 12.4. The summed E-state index contributed by atoms with van der Waals surface area (Å²) in [5.74, 6) is 0.891. The van der Waals surface area contributed by atoms with Crippen molar-refractivity contribution in [3.63, 3.8) is 0 Å². The molecule has 0 radical (unpaired) electrons. The number of Topliss-reactive ketones (excluding diaryl/α,β-unsaturated/α-hetero) is 1. The van der Waals surface area contributed by atoms with Crippen molar-refractivity contribution in [1.29, 1.82) is 0 Å². The lowest BCUT2D eigenvalue weighted by atomic mass is 9.59. The number of carbonyl (C=O) groups excluding carboxylic acids is 1. The van der Waals surface area contributed by atoms with Crippen LogP contribution in [-0.4, -0.2) is 15.7 Å². The minimum atomic E-state index is -0.274. The van der Waals surface area contributed by atoms with Gasteiger partial charge in [-0.05, 0) is 64.6 Å². The van der Waals surface area contributed by atoms with Gasteiger partial charge in [-0.1, -0.05) is 79.9 Å². The van der Waals surface area contributed by atoms with Crippen LogP contribution in [0.3, 0.4) is 0 Å². The summed E-state index contributed by atoms with van der Waals surface area (Å²) in [6, 6.07) is 7.79. The number of halogens is 2. The van der Waals surface area contributed by atoms with Crippen LogP contribution in [0.15, 0.2) is 81.4 Å². The van der Waals surface area contributed by atoms with Crippen LogP contribution in [0.25, 0.3) is 0 Å². The van der Waals surface area contributed by atoms with E-state index in [4.69, 9.17) is 0 Å². The van der Waals surface area contributed by atoms with Gasteiger partial charge in [0.25, 0.3) is 0 Å². The summed E-state index contributed by atoms with van der Waals surface area (Å²) in [6.07, 6.45) is 16.2. The third-order valence-corrected chi connectivity index (χ3v) is 8.31. The Labute approximate surface area is 194 Å². The molecule has 2 nitrogen and oxygen atoms in total. The Balaban J connectivity index is 1.81. The average Bonchev–Trinajstić information content (AvgIpc) is 2.84. The van der Waals surface area contributed by atoms with Gasteiger partial charge in [0.2, 0.25) is 0 Å². The van der Waals surface area contributed by atoms with Crippen LogP contribution in [-0.2, 0) is 10.2 Å². The van der Waals surface area contributed by atoms with Gasteiger partial charge in [-0.25, -0.2) is 0 Å². The molecule has 3 atom stereocenters. The van der Waals surface area contributed by atoms with Crippen molar-refractivity contribution in [1.82, 2.24) is 0 Å². The zero-order chi connectivity index (χ0) is 20.9. The van der Waals surface area contributed by atoms with Crippen LogP contribution >= 0.6 is 31.9 Å². The van der Waals surface area contributed by atoms with Gasteiger partial charge in [-0.15, -0.1) is 0 Å². The molecule has 1 N–H and O–H groups in total. The van der Waals surface area contributed by atoms with E-state index in [9.17, 15) is 9.90 Å². The Hall–Kier alpha value is -1.65. The molecule has 0 bridgehead atoms. The van der Waals surface area contributed by atoms with Crippen molar-refractivity contribution in [3.05, 3.63) is 87.0 Å². The number of hydrogen-bond donors (Lipinski definition) is 1. The van der Waals surface area contributed by atoms with Gasteiger partial charge in [0, 0.05) is 29.0 Å². The number of carbonyl (C=O) groups is 1. The summed E-state index contributed by atoms with van der Waals surface area (Å²) in [7, 11) is 0. The Morgan fingerprint density at radius 3 is 2.57 bits per heavy atom. The van der Waals surface area contributed by atoms with Crippen LogP contribution in [0.2, 0.25) is 0 Å². The molecule has 4 aliphatic rings. The highest BCUT2D eigenvalue weighted by Crippen LogP contribution is 2.62. The number of hydrogen-bond acceptors (Lipinski definition) is 2. The third kappa shape index (κ3) is 3.15. The molecule has 3 unspecified atom stereocenters. The van der Waals surface area contributed by atoms with Crippen molar-refractivity contribution in [3.8, 4) is 5.75 Å². The van der Waals surface area contributed by atoms with Crippen LogP contribution in [0, 0.1) is 5.92 Å². The van der Waals surface area contributed by atoms with Crippen molar-refractivity contribution in [2.24, 2.45) is 5.92 Å². The van der Waals surface area contributed by atoms with Crippen molar-refractivity contribution >= 4 is 37.6 Å². The summed E-state index contributed by atoms with van der Waals surface area (Å²) in [5, 5.41) is 10.0. The number of fused-ring (bicyclic) bond motifs is 2. The minimum absolute atomic E-state index is 0.274. The Morgan fingerprint density at radius 2 is 1.83 bits per heavy atom. The Morgan fingerprint density at radius 1 is 1.03 bits per heavy atom. The van der Waals surface area contributed by atoms with Crippen LogP contribution in [0.4, 0.5) is 0 Å². The standard InChI is InChI=1S/C26H24Br2O2/c27-18-2-1-3-22-23-13-8-19(28)15-25(23)26(24(22)14-18,16-4-9-20(29)10-5-16)17-6-11-21(30)12-7-17/h2-6,8-10,13,19,24,29H,1,7,11-12,14-15H2. The number of rotatable bonds is 2. The molecule has 0 fully saturated rings. The lowest BCUT2D eigenvalue weighted by Crippen LogP contribution is -2.38. The Kier molecular flexibility index (Phi) is 5.27. The number of aromatic hydroxyl groups is 1. The van der Waals surface area contributed by atoms with E-state index in [-0.39, 0.29) is 17.1 Å². The van der Waals surface area contributed by atoms with Gasteiger partial charge in [0.15, 0.2) is 0 Å². The molecule has 154 valence electrons. The largest absolute Gasteiger partial charge is 0.508 e. The molecular weight excluding hydrogens is 504 g/mol. The smallest absolute Gasteiger partial charge is 0.136 e. The summed E-state index contributed by atoms with van der Waals surface area (Å²) < 4.78 is 1.24. The van der Waals surface area contributed by atoms with Crippen molar-refractivity contribution < 1.29 is 9.90 Å². The predicted octanol–water partition coefficient (Wildman–Crippen LogP) is 6.96. The molecular formula is C26H24Br2O2. The summed E-state index contributed by atoms with van der Waals surface area (Å²) >= 11 is 7.67. The molecule has 0 spiro atoms. The first-order chi connectivity index (χ1) is 14.5. The highest BCUT2D eigenvalue weighted by atomic mass is 79.9. The van der Waals surface area contributed by atoms with E-state index >= 15 is 0 Å². The van der Waals surface area contributed by atoms with Crippen LogP contribution in [0.1, 0.15) is 44.1 Å². The molecule has 30 heavy (non-hydrogen) atoms. The van der Waals surface area contributed by atoms with E-state index in [2.05, 4.69) is 74.4 Å². The zero-order valence-electron chi connectivity index (χ0n) is 16.7. The summed E-state index contributed by atoms with van der Waals surface area (Å²) in [5.41, 5.74) is 6.57.